The summed E-state index contributed by atoms with van der Waals surface area (Å²) < 4.78 is 0. The summed E-state index contributed by atoms with van der Waals surface area (Å²) >= 11 is 0. The number of hydrogen-bond donors (Lipinski definition) is 1. The molecule has 3 atom stereocenters. The Labute approximate surface area is 105 Å². The third kappa shape index (κ3) is 2.01. The molecule has 1 N–H and O–H groups in total. The van der Waals surface area contributed by atoms with E-state index >= 15 is 0 Å². The largest absolute Gasteiger partial charge is 0.314 e. The van der Waals surface area contributed by atoms with E-state index in [4.69, 9.17) is 0 Å². The molecular weight excluding hydrogens is 206 g/mol. The van der Waals surface area contributed by atoms with E-state index in [0.717, 1.165) is 17.9 Å². The van der Waals surface area contributed by atoms with Gasteiger partial charge in [0.05, 0.1) is 0 Å². The van der Waals surface area contributed by atoms with Gasteiger partial charge in [0.1, 0.15) is 0 Å². The van der Waals surface area contributed by atoms with E-state index in [-0.39, 0.29) is 5.41 Å². The third-order valence-electron chi connectivity index (χ3n) is 4.57. The van der Waals surface area contributed by atoms with Crippen molar-refractivity contribution in [1.82, 2.24) is 5.32 Å². The number of nitrogens with one attached hydrogen (secondary N) is 1. The maximum Gasteiger partial charge on any atom is 0.00764 e. The Bertz CT molecular complexity index is 399. The Kier molecular flexibility index (Phi) is 2.55. The summed E-state index contributed by atoms with van der Waals surface area (Å²) in [5.74, 6) is 1.70. The standard InChI is InChI=1S/C16H23N/c1-16(2,3)13-6-4-11(5-7-13)15-9-14-8-12(15)10-17-14/h4-7,12,14-15,17H,8-10H2,1-3H3/t12-,14-,15-/m0/s1. The molecule has 0 amide bonds. The van der Waals surface area contributed by atoms with Gasteiger partial charge in [0.2, 0.25) is 0 Å². The van der Waals surface area contributed by atoms with E-state index in [1.54, 1.807) is 5.56 Å². The molecule has 2 aliphatic rings. The minimum atomic E-state index is 0.273. The first-order chi connectivity index (χ1) is 8.04. The highest BCUT2D eigenvalue weighted by Crippen LogP contribution is 2.43. The van der Waals surface area contributed by atoms with Crippen LogP contribution in [0.2, 0.25) is 0 Å². The lowest BCUT2D eigenvalue weighted by Crippen LogP contribution is -2.28. The fourth-order valence-corrected chi connectivity index (χ4v) is 3.47. The van der Waals surface area contributed by atoms with Crippen LogP contribution >= 0.6 is 0 Å². The van der Waals surface area contributed by atoms with Crippen LogP contribution in [-0.4, -0.2) is 12.6 Å². The van der Waals surface area contributed by atoms with Crippen molar-refractivity contribution in [1.29, 1.82) is 0 Å². The van der Waals surface area contributed by atoms with Crippen molar-refractivity contribution >= 4 is 0 Å². The van der Waals surface area contributed by atoms with Crippen molar-refractivity contribution in [2.45, 2.75) is 51.0 Å². The van der Waals surface area contributed by atoms with E-state index in [0.29, 0.717) is 0 Å². The summed E-state index contributed by atoms with van der Waals surface area (Å²) in [6.07, 6.45) is 2.74. The predicted octanol–water partition coefficient (Wildman–Crippen LogP) is 3.45. The molecule has 2 fully saturated rings. The van der Waals surface area contributed by atoms with Crippen molar-refractivity contribution in [3.05, 3.63) is 35.4 Å². The number of fused-ring (bicyclic) bond motifs is 2. The van der Waals surface area contributed by atoms with Crippen molar-refractivity contribution in [3.8, 4) is 0 Å². The van der Waals surface area contributed by atoms with E-state index in [1.807, 2.05) is 0 Å². The molecule has 0 aromatic heterocycles. The molecule has 0 spiro atoms. The van der Waals surface area contributed by atoms with Crippen LogP contribution in [0.4, 0.5) is 0 Å². The molecule has 2 bridgehead atoms. The lowest BCUT2D eigenvalue weighted by molar-refractivity contribution is 0.441. The Balaban J connectivity index is 1.81. The number of benzene rings is 1. The van der Waals surface area contributed by atoms with Crippen LogP contribution in [0.15, 0.2) is 24.3 Å². The minimum Gasteiger partial charge on any atom is -0.314 e. The Hall–Kier alpha value is -0.820. The zero-order chi connectivity index (χ0) is 12.0. The topological polar surface area (TPSA) is 12.0 Å². The van der Waals surface area contributed by atoms with E-state index < -0.39 is 0 Å². The van der Waals surface area contributed by atoms with Crippen LogP contribution < -0.4 is 5.32 Å². The first kappa shape index (κ1) is 11.3. The second kappa shape index (κ2) is 3.84. The van der Waals surface area contributed by atoms with Gasteiger partial charge in [-0.15, -0.1) is 0 Å². The number of hydrogen-bond acceptors (Lipinski definition) is 1. The number of rotatable bonds is 1. The van der Waals surface area contributed by atoms with Crippen LogP contribution in [0, 0.1) is 5.92 Å². The minimum absolute atomic E-state index is 0.273. The van der Waals surface area contributed by atoms with Crippen molar-refractivity contribution < 1.29 is 0 Å². The van der Waals surface area contributed by atoms with Gasteiger partial charge in [0.15, 0.2) is 0 Å². The Morgan fingerprint density at radius 2 is 1.76 bits per heavy atom. The van der Waals surface area contributed by atoms with E-state index in [1.165, 1.54) is 24.9 Å². The first-order valence-electron chi connectivity index (χ1n) is 6.88. The Morgan fingerprint density at radius 3 is 2.24 bits per heavy atom. The lowest BCUT2D eigenvalue weighted by atomic mass is 9.83. The van der Waals surface area contributed by atoms with E-state index in [2.05, 4.69) is 50.4 Å². The molecule has 3 rings (SSSR count). The summed E-state index contributed by atoms with van der Waals surface area (Å²) in [5.41, 5.74) is 3.28. The molecular formula is C16H23N. The second-order valence-corrected chi connectivity index (χ2v) is 6.82. The maximum atomic E-state index is 3.59. The van der Waals surface area contributed by atoms with Gasteiger partial charge in [0, 0.05) is 6.04 Å². The highest BCUT2D eigenvalue weighted by Gasteiger charge is 2.39. The third-order valence-corrected chi connectivity index (χ3v) is 4.57. The second-order valence-electron chi connectivity index (χ2n) is 6.82. The molecule has 1 nitrogen and oxygen atoms in total. The normalized spacial score (nSPS) is 32.1. The van der Waals surface area contributed by atoms with Gasteiger partial charge in [-0.05, 0) is 47.8 Å². The predicted molar refractivity (Wildman–Crippen MR) is 72.4 cm³/mol. The lowest BCUT2D eigenvalue weighted by Gasteiger charge is -2.24. The van der Waals surface area contributed by atoms with Crippen molar-refractivity contribution in [2.75, 3.05) is 6.54 Å². The fraction of sp³-hybridized carbons (Fsp3) is 0.625. The summed E-state index contributed by atoms with van der Waals surface area (Å²) in [4.78, 5) is 0. The SMILES string of the molecule is CC(C)(C)c1ccc([C@@H]2C[C@@H]3C[C@H]2CN3)cc1. The molecule has 1 aromatic rings. The molecule has 1 aliphatic heterocycles. The van der Waals surface area contributed by atoms with Crippen molar-refractivity contribution in [3.63, 3.8) is 0 Å². The van der Waals surface area contributed by atoms with Gasteiger partial charge in [-0.1, -0.05) is 45.0 Å². The number of piperidine rings is 1. The van der Waals surface area contributed by atoms with Gasteiger partial charge in [0.25, 0.3) is 0 Å². The van der Waals surface area contributed by atoms with Gasteiger partial charge in [-0.3, -0.25) is 0 Å². The average Bonchev–Trinajstić information content (AvgIpc) is 2.89. The quantitative estimate of drug-likeness (QED) is 0.777. The van der Waals surface area contributed by atoms with Crippen LogP contribution in [-0.2, 0) is 5.41 Å². The monoisotopic (exact) mass is 229 g/mol. The summed E-state index contributed by atoms with van der Waals surface area (Å²) in [6.45, 7) is 8.08. The van der Waals surface area contributed by atoms with Crippen molar-refractivity contribution in [2.24, 2.45) is 5.92 Å². The van der Waals surface area contributed by atoms with Crippen LogP contribution in [0.25, 0.3) is 0 Å². The molecule has 92 valence electrons. The fourth-order valence-electron chi connectivity index (χ4n) is 3.47. The molecule has 17 heavy (non-hydrogen) atoms. The molecule has 1 aliphatic carbocycles. The van der Waals surface area contributed by atoms with Gasteiger partial charge >= 0.3 is 0 Å². The summed E-state index contributed by atoms with van der Waals surface area (Å²) in [7, 11) is 0. The van der Waals surface area contributed by atoms with Gasteiger partial charge < -0.3 is 5.32 Å². The average molecular weight is 229 g/mol. The molecule has 0 radical (unpaired) electrons. The zero-order valence-corrected chi connectivity index (χ0v) is 11.2. The van der Waals surface area contributed by atoms with E-state index in [9.17, 15) is 0 Å². The molecule has 1 heteroatoms. The molecule has 1 aromatic carbocycles. The zero-order valence-electron chi connectivity index (χ0n) is 11.2. The summed E-state index contributed by atoms with van der Waals surface area (Å²) in [6, 6.07) is 10.2. The smallest absolute Gasteiger partial charge is 0.00764 e. The molecule has 1 saturated heterocycles. The molecule has 1 heterocycles. The van der Waals surface area contributed by atoms with Crippen LogP contribution in [0.5, 0.6) is 0 Å². The highest BCUT2D eigenvalue weighted by molar-refractivity contribution is 5.31. The van der Waals surface area contributed by atoms with Crippen LogP contribution in [0.1, 0.15) is 50.7 Å². The van der Waals surface area contributed by atoms with Crippen LogP contribution in [0.3, 0.4) is 0 Å². The van der Waals surface area contributed by atoms with Gasteiger partial charge in [-0.2, -0.15) is 0 Å². The van der Waals surface area contributed by atoms with Gasteiger partial charge in [-0.25, -0.2) is 0 Å². The molecule has 1 saturated carbocycles. The highest BCUT2D eigenvalue weighted by atomic mass is 15.0. The maximum absolute atomic E-state index is 3.59. The Morgan fingerprint density at radius 1 is 1.06 bits per heavy atom. The first-order valence-corrected chi connectivity index (χ1v) is 6.88. The molecule has 0 unspecified atom stereocenters. The summed E-state index contributed by atoms with van der Waals surface area (Å²) in [5, 5.41) is 3.59.